The van der Waals surface area contributed by atoms with Gasteiger partial charge in [-0.25, -0.2) is 0 Å². The molecule has 2 aromatic rings. The molecule has 0 spiro atoms. The highest BCUT2D eigenvalue weighted by molar-refractivity contribution is 6.35. The summed E-state index contributed by atoms with van der Waals surface area (Å²) >= 11 is 6.26. The summed E-state index contributed by atoms with van der Waals surface area (Å²) in [4.78, 5) is 0. The lowest BCUT2D eigenvalue weighted by molar-refractivity contribution is 0.405. The summed E-state index contributed by atoms with van der Waals surface area (Å²) in [6.45, 7) is 1.84. The standard InChI is InChI=1S/C14H17ClN2/c15-12-9-17(10-14(5-6-14)7-8-16)13-4-2-1-3-11(12)13/h1-4,9H,5-8,10,16H2. The number of rotatable bonds is 4. The second-order valence-corrected chi connectivity index (χ2v) is 5.57. The SMILES string of the molecule is NCCC1(Cn2cc(Cl)c3ccccc32)CC1. The van der Waals surface area contributed by atoms with Gasteiger partial charge in [0.1, 0.15) is 0 Å². The van der Waals surface area contributed by atoms with Gasteiger partial charge in [0.25, 0.3) is 0 Å². The van der Waals surface area contributed by atoms with Crippen molar-refractivity contribution in [3.63, 3.8) is 0 Å². The van der Waals surface area contributed by atoms with E-state index < -0.39 is 0 Å². The summed E-state index contributed by atoms with van der Waals surface area (Å²) in [6.07, 6.45) is 5.78. The van der Waals surface area contributed by atoms with E-state index in [9.17, 15) is 0 Å². The average molecular weight is 249 g/mol. The third kappa shape index (κ3) is 1.96. The molecule has 0 aliphatic heterocycles. The van der Waals surface area contributed by atoms with Crippen LogP contribution in [0.2, 0.25) is 5.02 Å². The highest BCUT2D eigenvalue weighted by Gasteiger charge is 2.42. The fourth-order valence-corrected chi connectivity index (χ4v) is 2.94. The van der Waals surface area contributed by atoms with Crippen molar-refractivity contribution in [3.8, 4) is 0 Å². The number of aromatic nitrogens is 1. The first-order valence-electron chi connectivity index (χ1n) is 6.18. The lowest BCUT2D eigenvalue weighted by Crippen LogP contribution is -2.15. The van der Waals surface area contributed by atoms with E-state index in [1.54, 1.807) is 0 Å². The number of nitrogens with zero attached hydrogens (tertiary/aromatic N) is 1. The average Bonchev–Trinajstić information content (AvgIpc) is 3.01. The molecule has 1 heterocycles. The number of halogens is 1. The second-order valence-electron chi connectivity index (χ2n) is 5.16. The van der Waals surface area contributed by atoms with Crippen LogP contribution in [0, 0.1) is 5.41 Å². The Hall–Kier alpha value is -0.990. The summed E-state index contributed by atoms with van der Waals surface area (Å²) in [5.74, 6) is 0. The van der Waals surface area contributed by atoms with Crippen LogP contribution in [-0.2, 0) is 6.54 Å². The molecule has 2 N–H and O–H groups in total. The summed E-state index contributed by atoms with van der Waals surface area (Å²) in [5, 5.41) is 2.00. The Labute approximate surface area is 106 Å². The van der Waals surface area contributed by atoms with Gasteiger partial charge < -0.3 is 10.3 Å². The van der Waals surface area contributed by atoms with E-state index >= 15 is 0 Å². The van der Waals surface area contributed by atoms with Gasteiger partial charge in [-0.2, -0.15) is 0 Å². The van der Waals surface area contributed by atoms with Gasteiger partial charge in [-0.1, -0.05) is 29.8 Å². The van der Waals surface area contributed by atoms with Crippen molar-refractivity contribution in [3.05, 3.63) is 35.5 Å². The predicted molar refractivity (Wildman–Crippen MR) is 72.3 cm³/mol. The van der Waals surface area contributed by atoms with Crippen LogP contribution in [-0.4, -0.2) is 11.1 Å². The first kappa shape index (κ1) is 11.1. The lowest BCUT2D eigenvalue weighted by Gasteiger charge is -2.15. The van der Waals surface area contributed by atoms with Gasteiger partial charge in [0, 0.05) is 23.6 Å². The van der Waals surface area contributed by atoms with E-state index in [0.717, 1.165) is 29.9 Å². The van der Waals surface area contributed by atoms with Crippen LogP contribution >= 0.6 is 11.6 Å². The zero-order valence-corrected chi connectivity index (χ0v) is 10.6. The molecule has 1 saturated carbocycles. The van der Waals surface area contributed by atoms with Crippen molar-refractivity contribution >= 4 is 22.5 Å². The molecule has 2 nitrogen and oxygen atoms in total. The largest absolute Gasteiger partial charge is 0.345 e. The van der Waals surface area contributed by atoms with Crippen molar-refractivity contribution in [2.45, 2.75) is 25.8 Å². The zero-order chi connectivity index (χ0) is 11.9. The van der Waals surface area contributed by atoms with Crippen molar-refractivity contribution in [2.24, 2.45) is 11.1 Å². The van der Waals surface area contributed by atoms with Crippen LogP contribution in [0.3, 0.4) is 0 Å². The Bertz CT molecular complexity index is 540. The fourth-order valence-electron chi connectivity index (χ4n) is 2.66. The molecule has 17 heavy (non-hydrogen) atoms. The van der Waals surface area contributed by atoms with E-state index in [1.807, 2.05) is 6.07 Å². The molecular weight excluding hydrogens is 232 g/mol. The smallest absolute Gasteiger partial charge is 0.0661 e. The molecule has 1 aliphatic rings. The van der Waals surface area contributed by atoms with E-state index in [1.165, 1.54) is 18.4 Å². The van der Waals surface area contributed by atoms with Gasteiger partial charge in [-0.3, -0.25) is 0 Å². The van der Waals surface area contributed by atoms with Crippen molar-refractivity contribution in [2.75, 3.05) is 6.54 Å². The highest BCUT2D eigenvalue weighted by Crippen LogP contribution is 2.50. The van der Waals surface area contributed by atoms with Crippen molar-refractivity contribution in [1.29, 1.82) is 0 Å². The monoisotopic (exact) mass is 248 g/mol. The molecule has 1 aromatic heterocycles. The minimum Gasteiger partial charge on any atom is -0.345 e. The minimum atomic E-state index is 0.444. The Morgan fingerprint density at radius 3 is 2.76 bits per heavy atom. The normalized spacial score (nSPS) is 17.5. The molecule has 3 heteroatoms. The molecule has 1 aromatic carbocycles. The Kier molecular flexibility index (Phi) is 2.64. The Morgan fingerprint density at radius 2 is 2.06 bits per heavy atom. The highest BCUT2D eigenvalue weighted by atomic mass is 35.5. The number of hydrogen-bond acceptors (Lipinski definition) is 1. The summed E-state index contributed by atoms with van der Waals surface area (Å²) in [6, 6.07) is 8.32. The van der Waals surface area contributed by atoms with E-state index in [4.69, 9.17) is 17.3 Å². The molecule has 0 amide bonds. The van der Waals surface area contributed by atoms with Gasteiger partial charge in [-0.05, 0) is 37.3 Å². The maximum absolute atomic E-state index is 6.26. The Balaban J connectivity index is 1.96. The van der Waals surface area contributed by atoms with E-state index in [2.05, 4.69) is 29.0 Å². The van der Waals surface area contributed by atoms with Gasteiger partial charge in [0.2, 0.25) is 0 Å². The number of fused-ring (bicyclic) bond motifs is 1. The molecule has 90 valence electrons. The molecule has 1 fully saturated rings. The van der Waals surface area contributed by atoms with Crippen LogP contribution in [0.1, 0.15) is 19.3 Å². The van der Waals surface area contributed by atoms with E-state index in [-0.39, 0.29) is 0 Å². The molecular formula is C14H17ClN2. The Morgan fingerprint density at radius 1 is 1.29 bits per heavy atom. The van der Waals surface area contributed by atoms with Gasteiger partial charge in [-0.15, -0.1) is 0 Å². The molecule has 0 radical (unpaired) electrons. The maximum Gasteiger partial charge on any atom is 0.0661 e. The number of para-hydroxylation sites is 1. The van der Waals surface area contributed by atoms with Crippen LogP contribution in [0.5, 0.6) is 0 Å². The van der Waals surface area contributed by atoms with Crippen LogP contribution in [0.4, 0.5) is 0 Å². The maximum atomic E-state index is 6.26. The van der Waals surface area contributed by atoms with Crippen LogP contribution in [0.25, 0.3) is 10.9 Å². The molecule has 0 unspecified atom stereocenters. The van der Waals surface area contributed by atoms with Crippen LogP contribution < -0.4 is 5.73 Å². The predicted octanol–water partition coefficient (Wildman–Crippen LogP) is 3.42. The first-order chi connectivity index (χ1) is 8.24. The third-order valence-corrected chi connectivity index (χ3v) is 4.18. The van der Waals surface area contributed by atoms with E-state index in [0.29, 0.717) is 5.41 Å². The third-order valence-electron chi connectivity index (χ3n) is 3.88. The summed E-state index contributed by atoms with van der Waals surface area (Å²) < 4.78 is 2.29. The molecule has 0 saturated heterocycles. The minimum absolute atomic E-state index is 0.444. The van der Waals surface area contributed by atoms with Gasteiger partial charge in [0.05, 0.1) is 5.02 Å². The van der Waals surface area contributed by atoms with Crippen LogP contribution in [0.15, 0.2) is 30.5 Å². The van der Waals surface area contributed by atoms with Crippen molar-refractivity contribution in [1.82, 2.24) is 4.57 Å². The lowest BCUT2D eigenvalue weighted by atomic mass is 10.0. The van der Waals surface area contributed by atoms with Gasteiger partial charge >= 0.3 is 0 Å². The van der Waals surface area contributed by atoms with Crippen molar-refractivity contribution < 1.29 is 0 Å². The number of hydrogen-bond donors (Lipinski definition) is 1. The van der Waals surface area contributed by atoms with Gasteiger partial charge in [0.15, 0.2) is 0 Å². The molecule has 0 bridgehead atoms. The first-order valence-corrected chi connectivity index (χ1v) is 6.55. The summed E-state index contributed by atoms with van der Waals surface area (Å²) in [5.41, 5.74) is 7.37. The number of benzene rings is 1. The molecule has 1 aliphatic carbocycles. The quantitative estimate of drug-likeness (QED) is 0.883. The topological polar surface area (TPSA) is 30.9 Å². The number of nitrogens with two attached hydrogens (primary N) is 1. The molecule has 0 atom stereocenters. The molecule has 3 rings (SSSR count). The second kappa shape index (κ2) is 4.04. The zero-order valence-electron chi connectivity index (χ0n) is 9.82. The summed E-state index contributed by atoms with van der Waals surface area (Å²) in [7, 11) is 0. The fraction of sp³-hybridized carbons (Fsp3) is 0.429.